The van der Waals surface area contributed by atoms with E-state index in [0.29, 0.717) is 22.3 Å². The average molecular weight is 335 g/mol. The van der Waals surface area contributed by atoms with Crippen molar-refractivity contribution in [1.82, 2.24) is 0 Å². The summed E-state index contributed by atoms with van der Waals surface area (Å²) >= 11 is 3.36. The lowest BCUT2D eigenvalue weighted by molar-refractivity contribution is 0.1000. The molecule has 4 N–H and O–H groups in total. The molecule has 2 aromatic carbocycles. The van der Waals surface area contributed by atoms with Crippen LogP contribution in [0.3, 0.4) is 0 Å². The van der Waals surface area contributed by atoms with Crippen molar-refractivity contribution in [2.75, 3.05) is 6.54 Å². The topological polar surface area (TPSA) is 78.3 Å². The van der Waals surface area contributed by atoms with Crippen LogP contribution in [-0.2, 0) is 6.42 Å². The summed E-state index contributed by atoms with van der Waals surface area (Å²) in [5, 5.41) is 0. The number of rotatable bonds is 5. The Bertz CT molecular complexity index is 612. The van der Waals surface area contributed by atoms with Gasteiger partial charge in [-0.2, -0.15) is 0 Å². The molecule has 0 radical (unpaired) electrons. The Hall–Kier alpha value is -1.85. The second-order valence-corrected chi connectivity index (χ2v) is 5.15. The minimum atomic E-state index is -0.469. The molecule has 2 aromatic rings. The van der Waals surface area contributed by atoms with Gasteiger partial charge in [-0.1, -0.05) is 12.1 Å². The monoisotopic (exact) mass is 334 g/mol. The standard InChI is InChI=1S/C15H15BrN2O2/c16-13-9-11(15(18)19)3-6-14(13)20-12-4-1-10(2-5-12)7-8-17/h1-6,9H,7-8,17H2,(H2,18,19). The predicted octanol–water partition coefficient (Wildman–Crippen LogP) is 2.84. The van der Waals surface area contributed by atoms with E-state index in [4.69, 9.17) is 16.2 Å². The summed E-state index contributed by atoms with van der Waals surface area (Å²) in [6.07, 6.45) is 0.845. The fourth-order valence-corrected chi connectivity index (χ4v) is 2.21. The SMILES string of the molecule is NCCc1ccc(Oc2ccc(C(N)=O)cc2Br)cc1. The first-order valence-corrected chi connectivity index (χ1v) is 6.95. The van der Waals surface area contributed by atoms with Crippen molar-refractivity contribution >= 4 is 21.8 Å². The third kappa shape index (κ3) is 3.59. The van der Waals surface area contributed by atoms with Crippen LogP contribution in [0.4, 0.5) is 0 Å². The van der Waals surface area contributed by atoms with Crippen LogP contribution in [0.15, 0.2) is 46.9 Å². The van der Waals surface area contributed by atoms with Crippen molar-refractivity contribution in [3.63, 3.8) is 0 Å². The van der Waals surface area contributed by atoms with Crippen molar-refractivity contribution in [3.8, 4) is 11.5 Å². The van der Waals surface area contributed by atoms with Gasteiger partial charge in [-0.3, -0.25) is 4.79 Å². The quantitative estimate of drug-likeness (QED) is 0.882. The molecule has 0 saturated heterocycles. The molecule has 0 atom stereocenters. The van der Waals surface area contributed by atoms with Crippen molar-refractivity contribution in [3.05, 3.63) is 58.1 Å². The summed E-state index contributed by atoms with van der Waals surface area (Å²) in [6.45, 7) is 0.625. The van der Waals surface area contributed by atoms with E-state index in [1.807, 2.05) is 24.3 Å². The molecular weight excluding hydrogens is 320 g/mol. The van der Waals surface area contributed by atoms with Crippen LogP contribution in [0.1, 0.15) is 15.9 Å². The molecule has 0 aliphatic carbocycles. The van der Waals surface area contributed by atoms with E-state index in [1.165, 1.54) is 5.56 Å². The van der Waals surface area contributed by atoms with Gasteiger partial charge in [0.25, 0.3) is 0 Å². The molecule has 104 valence electrons. The Morgan fingerprint density at radius 1 is 1.15 bits per heavy atom. The highest BCUT2D eigenvalue weighted by Gasteiger charge is 2.07. The van der Waals surface area contributed by atoms with Crippen LogP contribution in [-0.4, -0.2) is 12.5 Å². The molecule has 0 spiro atoms. The number of nitrogens with two attached hydrogens (primary N) is 2. The molecule has 0 aromatic heterocycles. The smallest absolute Gasteiger partial charge is 0.248 e. The zero-order valence-corrected chi connectivity index (χ0v) is 12.4. The van der Waals surface area contributed by atoms with Gasteiger partial charge in [-0.15, -0.1) is 0 Å². The van der Waals surface area contributed by atoms with Crippen LogP contribution < -0.4 is 16.2 Å². The molecule has 2 rings (SSSR count). The molecule has 0 unspecified atom stereocenters. The molecule has 0 heterocycles. The number of ether oxygens (including phenoxy) is 1. The molecule has 20 heavy (non-hydrogen) atoms. The van der Waals surface area contributed by atoms with Crippen molar-refractivity contribution in [1.29, 1.82) is 0 Å². The van der Waals surface area contributed by atoms with Gasteiger partial charge in [0.15, 0.2) is 0 Å². The first kappa shape index (κ1) is 14.6. The molecule has 5 heteroatoms. The molecule has 0 saturated carbocycles. The predicted molar refractivity (Wildman–Crippen MR) is 81.9 cm³/mol. The molecule has 0 fully saturated rings. The van der Waals surface area contributed by atoms with Gasteiger partial charge in [0.2, 0.25) is 5.91 Å². The second-order valence-electron chi connectivity index (χ2n) is 4.29. The number of carbonyl (C=O) groups excluding carboxylic acids is 1. The maximum atomic E-state index is 11.1. The highest BCUT2D eigenvalue weighted by Crippen LogP contribution is 2.30. The van der Waals surface area contributed by atoms with Gasteiger partial charge in [-0.05, 0) is 64.8 Å². The van der Waals surface area contributed by atoms with Gasteiger partial charge in [0.05, 0.1) is 4.47 Å². The van der Waals surface area contributed by atoms with E-state index in [0.717, 1.165) is 12.2 Å². The van der Waals surface area contributed by atoms with E-state index in [1.54, 1.807) is 18.2 Å². The molecular formula is C15H15BrN2O2. The van der Waals surface area contributed by atoms with E-state index in [9.17, 15) is 4.79 Å². The van der Waals surface area contributed by atoms with Gasteiger partial charge >= 0.3 is 0 Å². The Morgan fingerprint density at radius 3 is 2.40 bits per heavy atom. The molecule has 4 nitrogen and oxygen atoms in total. The van der Waals surface area contributed by atoms with Crippen molar-refractivity contribution < 1.29 is 9.53 Å². The highest BCUT2D eigenvalue weighted by molar-refractivity contribution is 9.10. The lowest BCUT2D eigenvalue weighted by Crippen LogP contribution is -2.10. The number of hydrogen-bond acceptors (Lipinski definition) is 3. The first-order valence-electron chi connectivity index (χ1n) is 6.16. The van der Waals surface area contributed by atoms with E-state index in [-0.39, 0.29) is 0 Å². The van der Waals surface area contributed by atoms with Gasteiger partial charge in [0, 0.05) is 5.56 Å². The summed E-state index contributed by atoms with van der Waals surface area (Å²) in [7, 11) is 0. The van der Waals surface area contributed by atoms with Crippen molar-refractivity contribution in [2.45, 2.75) is 6.42 Å². The largest absolute Gasteiger partial charge is 0.456 e. The molecule has 1 amide bonds. The van der Waals surface area contributed by atoms with E-state index < -0.39 is 5.91 Å². The minimum absolute atomic E-state index is 0.433. The zero-order valence-electron chi connectivity index (χ0n) is 10.8. The Balaban J connectivity index is 2.15. The van der Waals surface area contributed by atoms with Crippen LogP contribution in [0.25, 0.3) is 0 Å². The maximum absolute atomic E-state index is 11.1. The normalized spacial score (nSPS) is 10.3. The Morgan fingerprint density at radius 2 is 1.85 bits per heavy atom. The fraction of sp³-hybridized carbons (Fsp3) is 0.133. The van der Waals surface area contributed by atoms with Gasteiger partial charge in [-0.25, -0.2) is 0 Å². The number of benzene rings is 2. The van der Waals surface area contributed by atoms with Crippen molar-refractivity contribution in [2.24, 2.45) is 11.5 Å². The second kappa shape index (κ2) is 6.54. The summed E-state index contributed by atoms with van der Waals surface area (Å²) < 4.78 is 6.43. The van der Waals surface area contributed by atoms with Crippen LogP contribution in [0, 0.1) is 0 Å². The summed E-state index contributed by atoms with van der Waals surface area (Å²) in [6, 6.07) is 12.7. The van der Waals surface area contributed by atoms with Gasteiger partial charge < -0.3 is 16.2 Å². The number of carbonyl (C=O) groups is 1. The lowest BCUT2D eigenvalue weighted by Gasteiger charge is -2.09. The number of primary amides is 1. The summed E-state index contributed by atoms with van der Waals surface area (Å²) in [5.41, 5.74) is 12.3. The van der Waals surface area contributed by atoms with Crippen LogP contribution in [0.2, 0.25) is 0 Å². The number of hydrogen-bond donors (Lipinski definition) is 2. The van der Waals surface area contributed by atoms with E-state index >= 15 is 0 Å². The highest BCUT2D eigenvalue weighted by atomic mass is 79.9. The summed E-state index contributed by atoms with van der Waals surface area (Å²) in [4.78, 5) is 11.1. The van der Waals surface area contributed by atoms with E-state index in [2.05, 4.69) is 15.9 Å². The van der Waals surface area contributed by atoms with Crippen LogP contribution in [0.5, 0.6) is 11.5 Å². The number of halogens is 1. The first-order chi connectivity index (χ1) is 9.60. The zero-order chi connectivity index (χ0) is 14.5. The summed E-state index contributed by atoms with van der Waals surface area (Å²) in [5.74, 6) is 0.878. The molecule has 0 aliphatic heterocycles. The van der Waals surface area contributed by atoms with Gasteiger partial charge in [0.1, 0.15) is 11.5 Å². The third-order valence-electron chi connectivity index (χ3n) is 2.80. The Labute approximate surface area is 125 Å². The third-order valence-corrected chi connectivity index (χ3v) is 3.42. The fourth-order valence-electron chi connectivity index (χ4n) is 1.75. The molecule has 0 aliphatic rings. The number of amides is 1. The average Bonchev–Trinajstić information content (AvgIpc) is 2.43. The lowest BCUT2D eigenvalue weighted by atomic mass is 10.1. The Kier molecular flexibility index (Phi) is 4.76. The van der Waals surface area contributed by atoms with Crippen LogP contribution >= 0.6 is 15.9 Å². The maximum Gasteiger partial charge on any atom is 0.248 e. The molecule has 0 bridgehead atoms. The minimum Gasteiger partial charge on any atom is -0.456 e.